The summed E-state index contributed by atoms with van der Waals surface area (Å²) in [4.78, 5) is 14.8. The topological polar surface area (TPSA) is 113 Å². The lowest BCUT2D eigenvalue weighted by Gasteiger charge is -2.10. The molecule has 0 atom stereocenters. The van der Waals surface area contributed by atoms with Gasteiger partial charge in [0.15, 0.2) is 11.0 Å². The Bertz CT molecular complexity index is 1470. The Hall–Kier alpha value is -4.38. The maximum Gasteiger partial charge on any atom is 0.269 e. The quantitative estimate of drug-likeness (QED) is 0.162. The zero-order chi connectivity index (χ0) is 24.2. The number of rotatable bonds is 8. The minimum atomic E-state index is -0.469. The van der Waals surface area contributed by atoms with Crippen LogP contribution in [0.5, 0.6) is 0 Å². The van der Waals surface area contributed by atoms with Gasteiger partial charge in [-0.2, -0.15) is 4.98 Å². The highest BCUT2D eigenvalue weighted by atomic mass is 32.2. The summed E-state index contributed by atoms with van der Waals surface area (Å²) >= 11 is 1.34. The molecule has 2 heterocycles. The molecule has 5 aromatic rings. The highest BCUT2D eigenvalue weighted by molar-refractivity contribution is 7.98. The largest absolute Gasteiger partial charge is 0.338 e. The first-order valence-corrected chi connectivity index (χ1v) is 11.5. The van der Waals surface area contributed by atoms with Gasteiger partial charge in [0, 0.05) is 17.7 Å². The second kappa shape index (κ2) is 9.85. The Kier molecular flexibility index (Phi) is 6.31. The van der Waals surface area contributed by atoms with Crippen LogP contribution >= 0.6 is 11.8 Å². The van der Waals surface area contributed by atoms with Gasteiger partial charge >= 0.3 is 0 Å². The predicted molar refractivity (Wildman–Crippen MR) is 127 cm³/mol. The standard InChI is InChI=1S/C24H17FN6O3S/c25-20-9-5-4-8-19(20)23-27-28-24(30(23)14-16-6-2-1-3-7-16)35-15-21-26-22(29-34-21)17-10-12-18(13-11-17)31(32)33/h1-13H,14-15H2. The van der Waals surface area contributed by atoms with E-state index >= 15 is 0 Å². The summed E-state index contributed by atoms with van der Waals surface area (Å²) in [6.07, 6.45) is 0. The van der Waals surface area contributed by atoms with Gasteiger partial charge in [-0.3, -0.25) is 14.7 Å². The van der Waals surface area contributed by atoms with Crippen molar-refractivity contribution in [3.05, 3.63) is 106 Å². The van der Waals surface area contributed by atoms with Crippen LogP contribution in [0.4, 0.5) is 10.1 Å². The number of hydrogen-bond donors (Lipinski definition) is 0. The second-order valence-corrected chi connectivity index (χ2v) is 8.40. The van der Waals surface area contributed by atoms with Crippen molar-refractivity contribution < 1.29 is 13.8 Å². The van der Waals surface area contributed by atoms with Gasteiger partial charge in [-0.15, -0.1) is 10.2 Å². The van der Waals surface area contributed by atoms with Gasteiger partial charge in [-0.1, -0.05) is 59.4 Å². The van der Waals surface area contributed by atoms with E-state index < -0.39 is 4.92 Å². The summed E-state index contributed by atoms with van der Waals surface area (Å²) in [5.74, 6) is 1.03. The highest BCUT2D eigenvalue weighted by Gasteiger charge is 2.19. The van der Waals surface area contributed by atoms with Crippen molar-refractivity contribution in [2.45, 2.75) is 17.5 Å². The molecule has 0 aliphatic heterocycles. The average Bonchev–Trinajstić information content (AvgIpc) is 3.51. The minimum absolute atomic E-state index is 0.0172. The van der Waals surface area contributed by atoms with Crippen LogP contribution in [0.25, 0.3) is 22.8 Å². The van der Waals surface area contributed by atoms with E-state index in [4.69, 9.17) is 4.52 Å². The number of hydrogen-bond acceptors (Lipinski definition) is 8. The second-order valence-electron chi connectivity index (χ2n) is 7.46. The Labute approximate surface area is 202 Å². The predicted octanol–water partition coefficient (Wildman–Crippen LogP) is 5.38. The van der Waals surface area contributed by atoms with Gasteiger partial charge in [0.05, 0.1) is 22.8 Å². The van der Waals surface area contributed by atoms with E-state index in [1.165, 1.54) is 30.0 Å². The maximum absolute atomic E-state index is 14.5. The van der Waals surface area contributed by atoms with Crippen LogP contribution in [-0.4, -0.2) is 29.8 Å². The SMILES string of the molecule is O=[N+]([O-])c1ccc(-c2noc(CSc3nnc(-c4ccccc4F)n3Cc3ccccc3)n2)cc1. The van der Waals surface area contributed by atoms with Crippen LogP contribution in [0.3, 0.4) is 0 Å². The van der Waals surface area contributed by atoms with Crippen LogP contribution in [0.15, 0.2) is 88.5 Å². The molecule has 0 amide bonds. The summed E-state index contributed by atoms with van der Waals surface area (Å²) in [6, 6.07) is 22.1. The minimum Gasteiger partial charge on any atom is -0.338 e. The van der Waals surface area contributed by atoms with E-state index in [0.29, 0.717) is 46.1 Å². The Morgan fingerprint density at radius 1 is 0.971 bits per heavy atom. The number of non-ortho nitro benzene ring substituents is 1. The maximum atomic E-state index is 14.5. The van der Waals surface area contributed by atoms with Crippen molar-refractivity contribution in [2.75, 3.05) is 0 Å². The van der Waals surface area contributed by atoms with Gasteiger partial charge in [0.25, 0.3) is 5.69 Å². The molecule has 0 aliphatic rings. The zero-order valence-corrected chi connectivity index (χ0v) is 18.9. The normalized spacial score (nSPS) is 11.0. The molecule has 9 nitrogen and oxygen atoms in total. The number of benzene rings is 3. The Balaban J connectivity index is 1.39. The van der Waals surface area contributed by atoms with Crippen LogP contribution in [0.1, 0.15) is 11.5 Å². The molecule has 3 aromatic carbocycles. The molecule has 5 rings (SSSR count). The molecule has 0 fully saturated rings. The summed E-state index contributed by atoms with van der Waals surface area (Å²) in [7, 11) is 0. The van der Waals surface area contributed by atoms with Gasteiger partial charge in [0.1, 0.15) is 5.82 Å². The summed E-state index contributed by atoms with van der Waals surface area (Å²) < 4.78 is 21.7. The molecule has 0 bridgehead atoms. The molecular formula is C24H17FN6O3S. The van der Waals surface area contributed by atoms with Crippen molar-refractivity contribution in [1.29, 1.82) is 0 Å². The third kappa shape index (κ3) is 4.94. The molecule has 2 aromatic heterocycles. The molecule has 174 valence electrons. The van der Waals surface area contributed by atoms with Crippen molar-refractivity contribution in [3.8, 4) is 22.8 Å². The number of aromatic nitrogens is 5. The van der Waals surface area contributed by atoms with Gasteiger partial charge in [-0.25, -0.2) is 4.39 Å². The number of nitrogens with zero attached hydrogens (tertiary/aromatic N) is 6. The Morgan fingerprint density at radius 2 is 1.71 bits per heavy atom. The molecular weight excluding hydrogens is 471 g/mol. The van der Waals surface area contributed by atoms with E-state index in [1.807, 2.05) is 34.9 Å². The third-order valence-electron chi connectivity index (χ3n) is 5.14. The molecule has 0 radical (unpaired) electrons. The monoisotopic (exact) mass is 488 g/mol. The average molecular weight is 489 g/mol. The number of thioether (sulfide) groups is 1. The first-order chi connectivity index (χ1) is 17.1. The summed E-state index contributed by atoms with van der Waals surface area (Å²) in [5.41, 5.74) is 1.96. The number of halogens is 1. The fourth-order valence-electron chi connectivity index (χ4n) is 3.44. The van der Waals surface area contributed by atoms with Crippen LogP contribution in [0, 0.1) is 15.9 Å². The van der Waals surface area contributed by atoms with Gasteiger partial charge in [0.2, 0.25) is 11.7 Å². The lowest BCUT2D eigenvalue weighted by atomic mass is 10.2. The molecule has 0 spiro atoms. The zero-order valence-electron chi connectivity index (χ0n) is 18.1. The summed E-state index contributed by atoms with van der Waals surface area (Å²) in [5, 5.41) is 23.9. The molecule has 0 saturated carbocycles. The molecule has 35 heavy (non-hydrogen) atoms. The van der Waals surface area contributed by atoms with Crippen LogP contribution in [-0.2, 0) is 12.3 Å². The fraction of sp³-hybridized carbons (Fsp3) is 0.0833. The third-order valence-corrected chi connectivity index (χ3v) is 6.10. The molecule has 0 unspecified atom stereocenters. The number of nitro groups is 1. The van der Waals surface area contributed by atoms with Gasteiger partial charge in [-0.05, 0) is 29.8 Å². The molecule has 0 N–H and O–H groups in total. The van der Waals surface area contributed by atoms with E-state index in [2.05, 4.69) is 20.3 Å². The van der Waals surface area contributed by atoms with E-state index in [9.17, 15) is 14.5 Å². The van der Waals surface area contributed by atoms with Crippen LogP contribution < -0.4 is 0 Å². The molecule has 0 aliphatic carbocycles. The first kappa shape index (κ1) is 22.4. The van der Waals surface area contributed by atoms with Crippen molar-refractivity contribution >= 4 is 17.4 Å². The summed E-state index contributed by atoms with van der Waals surface area (Å²) in [6.45, 7) is 0.456. The van der Waals surface area contributed by atoms with Crippen molar-refractivity contribution in [3.63, 3.8) is 0 Å². The van der Waals surface area contributed by atoms with E-state index in [0.717, 1.165) is 5.56 Å². The van der Waals surface area contributed by atoms with E-state index in [-0.39, 0.29) is 11.5 Å². The Morgan fingerprint density at radius 3 is 2.46 bits per heavy atom. The van der Waals surface area contributed by atoms with Crippen LogP contribution in [0.2, 0.25) is 0 Å². The molecule has 11 heteroatoms. The highest BCUT2D eigenvalue weighted by Crippen LogP contribution is 2.29. The fourth-order valence-corrected chi connectivity index (χ4v) is 4.21. The smallest absolute Gasteiger partial charge is 0.269 e. The van der Waals surface area contributed by atoms with Crippen molar-refractivity contribution in [2.24, 2.45) is 0 Å². The lowest BCUT2D eigenvalue weighted by Crippen LogP contribution is -2.05. The first-order valence-electron chi connectivity index (χ1n) is 10.5. The van der Waals surface area contributed by atoms with E-state index in [1.54, 1.807) is 30.3 Å². The van der Waals surface area contributed by atoms with Gasteiger partial charge < -0.3 is 4.52 Å². The lowest BCUT2D eigenvalue weighted by molar-refractivity contribution is -0.384. The number of nitro benzene ring substituents is 1. The van der Waals surface area contributed by atoms with Crippen molar-refractivity contribution in [1.82, 2.24) is 24.9 Å². The molecule has 0 saturated heterocycles.